The largest absolute Gasteiger partial charge is 0.353 e. The number of benzene rings is 1. The van der Waals surface area contributed by atoms with Gasteiger partial charge in [-0.25, -0.2) is 4.98 Å². The van der Waals surface area contributed by atoms with Crippen molar-refractivity contribution in [3.8, 4) is 5.69 Å². The third-order valence-electron chi connectivity index (χ3n) is 6.56. The summed E-state index contributed by atoms with van der Waals surface area (Å²) in [5.41, 5.74) is 0.673. The third kappa shape index (κ3) is 8.22. The van der Waals surface area contributed by atoms with E-state index in [0.29, 0.717) is 23.8 Å². The maximum atomic E-state index is 13.1. The van der Waals surface area contributed by atoms with Gasteiger partial charge in [-0.1, -0.05) is 17.7 Å². The molecule has 1 aliphatic heterocycles. The van der Waals surface area contributed by atoms with Gasteiger partial charge in [-0.15, -0.1) is 0 Å². The maximum absolute atomic E-state index is 13.1. The molecule has 3 amide bonds. The van der Waals surface area contributed by atoms with Crippen molar-refractivity contribution in [2.75, 3.05) is 51.6 Å². The van der Waals surface area contributed by atoms with E-state index in [4.69, 9.17) is 11.6 Å². The van der Waals surface area contributed by atoms with E-state index in [0.717, 1.165) is 26.2 Å². The van der Waals surface area contributed by atoms with E-state index in [1.807, 2.05) is 0 Å². The van der Waals surface area contributed by atoms with Gasteiger partial charge in [0, 0.05) is 69.0 Å². The van der Waals surface area contributed by atoms with Gasteiger partial charge in [0.2, 0.25) is 11.8 Å². The molecule has 3 N–H and O–H groups in total. The Balaban J connectivity index is 1.41. The van der Waals surface area contributed by atoms with Crippen LogP contribution in [0, 0.1) is 0 Å². The molecule has 2 aromatic heterocycles. The topological polar surface area (TPSA) is 129 Å². The Morgan fingerprint density at radius 3 is 2.42 bits per heavy atom. The highest BCUT2D eigenvalue weighted by Gasteiger charge is 2.25. The molecule has 11 nitrogen and oxygen atoms in total. The predicted octanol–water partition coefficient (Wildman–Crippen LogP) is 1.38. The van der Waals surface area contributed by atoms with Crippen molar-refractivity contribution in [2.45, 2.75) is 12.5 Å². The van der Waals surface area contributed by atoms with Gasteiger partial charge >= 0.3 is 0 Å². The zero-order chi connectivity index (χ0) is 28.5. The molecule has 3 heterocycles. The van der Waals surface area contributed by atoms with Gasteiger partial charge in [-0.05, 0) is 49.5 Å². The van der Waals surface area contributed by atoms with Crippen molar-refractivity contribution < 1.29 is 14.4 Å². The fourth-order valence-corrected chi connectivity index (χ4v) is 4.34. The second-order valence-electron chi connectivity index (χ2n) is 9.53. The highest BCUT2D eigenvalue weighted by Crippen LogP contribution is 2.11. The summed E-state index contributed by atoms with van der Waals surface area (Å²) < 4.78 is 1.45. The predicted molar refractivity (Wildman–Crippen MR) is 153 cm³/mol. The number of carbonyl (C=O) groups excluding carboxylic acids is 3. The molecule has 0 aliphatic carbocycles. The number of nitrogens with zero attached hydrogens (tertiary/aromatic N) is 4. The second-order valence-corrected chi connectivity index (χ2v) is 9.97. The molecule has 1 aromatic carbocycles. The highest BCUT2D eigenvalue weighted by atomic mass is 35.5. The van der Waals surface area contributed by atoms with E-state index in [2.05, 4.69) is 37.8 Å². The molecule has 1 saturated heterocycles. The first-order valence-electron chi connectivity index (χ1n) is 13.0. The smallest absolute Gasteiger partial charge is 0.255 e. The van der Waals surface area contributed by atoms with Crippen molar-refractivity contribution in [3.63, 3.8) is 0 Å². The molecular weight excluding hydrogens is 534 g/mol. The molecule has 40 heavy (non-hydrogen) atoms. The molecule has 0 spiro atoms. The van der Waals surface area contributed by atoms with Gasteiger partial charge < -0.3 is 20.9 Å². The van der Waals surface area contributed by atoms with Crippen LogP contribution >= 0.6 is 11.6 Å². The van der Waals surface area contributed by atoms with Crippen LogP contribution in [0.25, 0.3) is 5.69 Å². The first-order chi connectivity index (χ1) is 19.3. The lowest BCUT2D eigenvalue weighted by atomic mass is 10.1. The van der Waals surface area contributed by atoms with E-state index in [1.165, 1.54) is 16.8 Å². The first-order valence-corrected chi connectivity index (χ1v) is 13.4. The van der Waals surface area contributed by atoms with Crippen molar-refractivity contribution in [3.05, 3.63) is 87.9 Å². The molecule has 1 aliphatic rings. The van der Waals surface area contributed by atoms with Crippen LogP contribution < -0.4 is 21.5 Å². The molecule has 1 atom stereocenters. The molecule has 0 bridgehead atoms. The van der Waals surface area contributed by atoms with E-state index in [-0.39, 0.29) is 23.4 Å². The Morgan fingerprint density at radius 1 is 1.00 bits per heavy atom. The fourth-order valence-electron chi connectivity index (χ4n) is 4.23. The highest BCUT2D eigenvalue weighted by molar-refractivity contribution is 6.30. The summed E-state index contributed by atoms with van der Waals surface area (Å²) in [6, 6.07) is 13.2. The summed E-state index contributed by atoms with van der Waals surface area (Å²) in [7, 11) is 2.08. The molecule has 210 valence electrons. The number of anilines is 1. The second kappa shape index (κ2) is 13.8. The molecule has 0 unspecified atom stereocenters. The van der Waals surface area contributed by atoms with Crippen LogP contribution in [-0.4, -0.2) is 89.4 Å². The van der Waals surface area contributed by atoms with E-state index < -0.39 is 23.8 Å². The third-order valence-corrected chi connectivity index (χ3v) is 6.78. The number of pyridine rings is 2. The monoisotopic (exact) mass is 565 g/mol. The summed E-state index contributed by atoms with van der Waals surface area (Å²) >= 11 is 5.86. The number of amides is 3. The van der Waals surface area contributed by atoms with Gasteiger partial charge in [0.05, 0.1) is 11.4 Å². The van der Waals surface area contributed by atoms with E-state index in [9.17, 15) is 19.2 Å². The number of nitrogens with one attached hydrogen (secondary N) is 3. The number of likely N-dealkylation sites (N-methyl/N-ethyl adjacent to an activating group) is 1. The normalized spacial score (nSPS) is 14.8. The Labute approximate surface area is 237 Å². The quantitative estimate of drug-likeness (QED) is 0.339. The minimum Gasteiger partial charge on any atom is -0.353 e. The standard InChI is InChI=1S/C28H32ClN7O4/c1-34-14-16-35(17-15-34)13-11-30-28(40)23(18-25(37)33-24-10-7-21(29)19-31-24)32-27(39)20-5-8-22(9-6-20)36-12-3-2-4-26(36)38/h2-10,12,19,23H,11,13-18H2,1H3,(H,30,40)(H,32,39)(H,31,33,37)/t23-/m0/s1. The number of halogens is 1. The van der Waals surface area contributed by atoms with Crippen LogP contribution in [0.2, 0.25) is 5.02 Å². The van der Waals surface area contributed by atoms with Gasteiger partial charge in [-0.2, -0.15) is 0 Å². The number of carbonyl (C=O) groups is 3. The lowest BCUT2D eigenvalue weighted by Crippen LogP contribution is -2.51. The molecule has 0 radical (unpaired) electrons. The Kier molecular flexibility index (Phi) is 10.0. The van der Waals surface area contributed by atoms with Crippen LogP contribution in [0.5, 0.6) is 0 Å². The Hall–Kier alpha value is -4.06. The van der Waals surface area contributed by atoms with Crippen LogP contribution in [0.15, 0.2) is 71.8 Å². The van der Waals surface area contributed by atoms with Gasteiger partial charge in [0.15, 0.2) is 0 Å². The van der Waals surface area contributed by atoms with Crippen molar-refractivity contribution in [1.82, 2.24) is 30.0 Å². The van der Waals surface area contributed by atoms with Crippen LogP contribution in [-0.2, 0) is 9.59 Å². The van der Waals surface area contributed by atoms with Crippen molar-refractivity contribution in [2.24, 2.45) is 0 Å². The minimum absolute atomic E-state index is 0.200. The van der Waals surface area contributed by atoms with E-state index >= 15 is 0 Å². The van der Waals surface area contributed by atoms with Crippen molar-refractivity contribution in [1.29, 1.82) is 0 Å². The summed E-state index contributed by atoms with van der Waals surface area (Å²) in [6.07, 6.45) is 2.73. The zero-order valence-corrected chi connectivity index (χ0v) is 22.9. The molecule has 3 aromatic rings. The summed E-state index contributed by atoms with van der Waals surface area (Å²) in [6.45, 7) is 4.80. The zero-order valence-electron chi connectivity index (χ0n) is 22.2. The van der Waals surface area contributed by atoms with Crippen LogP contribution in [0.4, 0.5) is 5.82 Å². The number of hydrogen-bond acceptors (Lipinski definition) is 7. The Morgan fingerprint density at radius 2 is 1.75 bits per heavy atom. The molecule has 12 heteroatoms. The lowest BCUT2D eigenvalue weighted by molar-refractivity contribution is -0.126. The molecule has 4 rings (SSSR count). The maximum Gasteiger partial charge on any atom is 0.255 e. The number of hydrogen-bond donors (Lipinski definition) is 3. The first kappa shape index (κ1) is 28.9. The fraction of sp³-hybridized carbons (Fsp3) is 0.321. The number of aromatic nitrogens is 2. The average Bonchev–Trinajstić information content (AvgIpc) is 2.95. The SMILES string of the molecule is CN1CCN(CCNC(=O)[C@H](CC(=O)Nc2ccc(Cl)cn2)NC(=O)c2ccc(-n3ccccc3=O)cc2)CC1. The Bertz CT molecular complexity index is 1370. The average molecular weight is 566 g/mol. The molecule has 0 saturated carbocycles. The van der Waals surface area contributed by atoms with Gasteiger partial charge in [0.25, 0.3) is 11.5 Å². The molecular formula is C28H32ClN7O4. The number of piperazine rings is 1. The lowest BCUT2D eigenvalue weighted by Gasteiger charge is -2.32. The van der Waals surface area contributed by atoms with Gasteiger partial charge in [-0.3, -0.25) is 28.6 Å². The van der Waals surface area contributed by atoms with Crippen molar-refractivity contribution >= 4 is 35.1 Å². The van der Waals surface area contributed by atoms with Gasteiger partial charge in [0.1, 0.15) is 11.9 Å². The van der Waals surface area contributed by atoms with Crippen LogP contribution in [0.1, 0.15) is 16.8 Å². The van der Waals surface area contributed by atoms with E-state index in [1.54, 1.807) is 54.7 Å². The minimum atomic E-state index is -1.12. The number of rotatable bonds is 10. The summed E-state index contributed by atoms with van der Waals surface area (Å²) in [5, 5.41) is 8.58. The summed E-state index contributed by atoms with van der Waals surface area (Å²) in [4.78, 5) is 59.6. The summed E-state index contributed by atoms with van der Waals surface area (Å²) in [5.74, 6) is -1.20. The molecule has 1 fully saturated rings. The van der Waals surface area contributed by atoms with Crippen LogP contribution in [0.3, 0.4) is 0 Å².